The normalized spacial score (nSPS) is 12.7. The number of carbonyl (C=O) groups is 5. The maximum Gasteiger partial charge on any atom is 0.312 e. The van der Waals surface area contributed by atoms with E-state index in [0.29, 0.717) is 44.9 Å². The standard InChI is InChI=1S/C26H43N9O5/c27-13-5-4-11-20(34-22(37)16-18-8-2-1-3-9-18)24(39)35-21(12-7-15-32-26(30)40)23(38)33-19(17-36)10-6-14-31-25(28)29/h1-3,8-9,17,19-21H,4-7,10-16,27H2,(H,33,38)(H,34,37)(H,35,39)(H4,28,29,31)(H3,30,32,40)/t19-,20-,21-/m0/s1. The number of nitrogens with one attached hydrogen (secondary N) is 4. The molecule has 0 fully saturated rings. The number of benzene rings is 1. The number of rotatable bonds is 20. The van der Waals surface area contributed by atoms with E-state index >= 15 is 0 Å². The highest BCUT2D eigenvalue weighted by atomic mass is 16.2. The SMILES string of the molecule is NCCCC[C@H](NC(=O)Cc1ccccc1)C(=O)N[C@@H](CCCNC(N)=O)C(=O)N[C@H](C=O)CCCN=C(N)N. The highest BCUT2D eigenvalue weighted by Crippen LogP contribution is 2.07. The lowest BCUT2D eigenvalue weighted by Gasteiger charge is -2.24. The van der Waals surface area contributed by atoms with E-state index < -0.39 is 36.0 Å². The number of nitrogens with zero attached hydrogens (tertiary/aromatic N) is 1. The zero-order valence-electron chi connectivity index (χ0n) is 22.8. The summed E-state index contributed by atoms with van der Waals surface area (Å²) >= 11 is 0. The van der Waals surface area contributed by atoms with E-state index in [2.05, 4.69) is 26.3 Å². The molecule has 14 nitrogen and oxygen atoms in total. The van der Waals surface area contributed by atoms with Crippen molar-refractivity contribution in [2.45, 2.75) is 69.5 Å². The summed E-state index contributed by atoms with van der Waals surface area (Å²) in [5.41, 5.74) is 22.1. The lowest BCUT2D eigenvalue weighted by Crippen LogP contribution is -2.55. The Morgan fingerprint density at radius 1 is 0.825 bits per heavy atom. The lowest BCUT2D eigenvalue weighted by molar-refractivity contribution is -0.132. The molecule has 1 aromatic rings. The number of nitrogens with two attached hydrogens (primary N) is 4. The fraction of sp³-hybridized carbons (Fsp3) is 0.538. The highest BCUT2D eigenvalue weighted by molar-refractivity contribution is 5.93. The fourth-order valence-corrected chi connectivity index (χ4v) is 3.82. The van der Waals surface area contributed by atoms with E-state index in [1.54, 1.807) is 0 Å². The first-order valence-corrected chi connectivity index (χ1v) is 13.3. The van der Waals surface area contributed by atoms with Gasteiger partial charge in [-0.15, -0.1) is 0 Å². The van der Waals surface area contributed by atoms with E-state index in [1.807, 2.05) is 30.3 Å². The smallest absolute Gasteiger partial charge is 0.312 e. The maximum atomic E-state index is 13.3. The summed E-state index contributed by atoms with van der Waals surface area (Å²) in [5, 5.41) is 10.5. The molecule has 0 bridgehead atoms. The summed E-state index contributed by atoms with van der Waals surface area (Å²) in [5.74, 6) is -1.54. The van der Waals surface area contributed by atoms with Crippen molar-refractivity contribution in [2.24, 2.45) is 27.9 Å². The van der Waals surface area contributed by atoms with Crippen LogP contribution < -0.4 is 44.2 Å². The molecule has 1 aromatic carbocycles. The van der Waals surface area contributed by atoms with Gasteiger partial charge in [0.05, 0.1) is 12.5 Å². The molecular formula is C26H43N9O5. The predicted molar refractivity (Wildman–Crippen MR) is 152 cm³/mol. The first kappa shape index (κ1) is 33.8. The van der Waals surface area contributed by atoms with Gasteiger partial charge in [-0.3, -0.25) is 19.4 Å². The summed E-state index contributed by atoms with van der Waals surface area (Å²) in [6, 6.07) is 5.62. The van der Waals surface area contributed by atoms with Crippen LogP contribution in [-0.2, 0) is 25.6 Å². The van der Waals surface area contributed by atoms with E-state index in [0.717, 1.165) is 5.56 Å². The van der Waals surface area contributed by atoms with Gasteiger partial charge in [-0.25, -0.2) is 4.79 Å². The zero-order valence-corrected chi connectivity index (χ0v) is 22.8. The summed E-state index contributed by atoms with van der Waals surface area (Å²) in [6.07, 6.45) is 3.44. The number of unbranched alkanes of at least 4 members (excludes halogenated alkanes) is 1. The van der Waals surface area contributed by atoms with E-state index in [4.69, 9.17) is 22.9 Å². The Morgan fingerprint density at radius 2 is 1.48 bits per heavy atom. The van der Waals surface area contributed by atoms with Gasteiger partial charge in [0.25, 0.3) is 0 Å². The maximum absolute atomic E-state index is 13.3. The van der Waals surface area contributed by atoms with Crippen molar-refractivity contribution in [2.75, 3.05) is 19.6 Å². The fourth-order valence-electron chi connectivity index (χ4n) is 3.82. The number of hydrogen-bond acceptors (Lipinski definition) is 7. The quantitative estimate of drug-likeness (QED) is 0.0402. The van der Waals surface area contributed by atoms with Crippen LogP contribution in [0.15, 0.2) is 35.3 Å². The minimum atomic E-state index is -1.04. The largest absolute Gasteiger partial charge is 0.370 e. The second-order valence-electron chi connectivity index (χ2n) is 9.26. The van der Waals surface area contributed by atoms with Gasteiger partial charge >= 0.3 is 6.03 Å². The molecule has 0 aliphatic rings. The Hall–Kier alpha value is -4.20. The third-order valence-electron chi connectivity index (χ3n) is 5.87. The van der Waals surface area contributed by atoms with Gasteiger partial charge in [0, 0.05) is 13.1 Å². The molecule has 14 heteroatoms. The monoisotopic (exact) mass is 561 g/mol. The van der Waals surface area contributed by atoms with Gasteiger partial charge in [-0.1, -0.05) is 30.3 Å². The van der Waals surface area contributed by atoms with Crippen molar-refractivity contribution >= 4 is 36.0 Å². The molecule has 3 atom stereocenters. The second kappa shape index (κ2) is 19.8. The van der Waals surface area contributed by atoms with E-state index in [9.17, 15) is 24.0 Å². The molecule has 0 saturated carbocycles. The second-order valence-corrected chi connectivity index (χ2v) is 9.26. The summed E-state index contributed by atoms with van der Waals surface area (Å²) in [7, 11) is 0. The molecule has 0 aliphatic carbocycles. The van der Waals surface area contributed by atoms with E-state index in [1.165, 1.54) is 0 Å². The molecule has 222 valence electrons. The molecule has 0 spiro atoms. The number of hydrogen-bond donors (Lipinski definition) is 8. The van der Waals surface area contributed by atoms with Crippen LogP contribution >= 0.6 is 0 Å². The topological polar surface area (TPSA) is 250 Å². The molecule has 0 aliphatic heterocycles. The number of amides is 5. The van der Waals surface area contributed by atoms with Gasteiger partial charge in [0.1, 0.15) is 18.4 Å². The lowest BCUT2D eigenvalue weighted by atomic mass is 10.0. The number of primary amides is 1. The Kier molecular flexibility index (Phi) is 16.8. The van der Waals surface area contributed by atoms with Gasteiger partial charge in [0.2, 0.25) is 17.7 Å². The molecule has 40 heavy (non-hydrogen) atoms. The first-order valence-electron chi connectivity index (χ1n) is 13.3. The molecule has 0 radical (unpaired) electrons. The molecule has 0 unspecified atom stereocenters. The van der Waals surface area contributed by atoms with Crippen LogP contribution in [0.5, 0.6) is 0 Å². The van der Waals surface area contributed by atoms with Gasteiger partial charge in [-0.2, -0.15) is 0 Å². The average molecular weight is 562 g/mol. The number of aliphatic imine (C=N–C) groups is 1. The number of urea groups is 1. The molecule has 12 N–H and O–H groups in total. The van der Waals surface area contributed by atoms with Crippen molar-refractivity contribution in [3.05, 3.63) is 35.9 Å². The summed E-state index contributed by atoms with van der Waals surface area (Å²) in [6.45, 7) is 0.896. The van der Waals surface area contributed by atoms with Crippen molar-refractivity contribution < 1.29 is 24.0 Å². The van der Waals surface area contributed by atoms with Gasteiger partial charge in [0.15, 0.2) is 5.96 Å². The Labute approximate surface area is 234 Å². The summed E-state index contributed by atoms with van der Waals surface area (Å²) in [4.78, 5) is 65.5. The van der Waals surface area contributed by atoms with Crippen LogP contribution in [0.1, 0.15) is 50.5 Å². The molecule has 0 heterocycles. The van der Waals surface area contributed by atoms with Crippen LogP contribution in [0.25, 0.3) is 0 Å². The van der Waals surface area contributed by atoms with Crippen molar-refractivity contribution in [3.63, 3.8) is 0 Å². The Bertz CT molecular complexity index is 971. The third-order valence-corrected chi connectivity index (χ3v) is 5.87. The van der Waals surface area contributed by atoms with Crippen LogP contribution in [0.4, 0.5) is 4.79 Å². The van der Waals surface area contributed by atoms with Crippen LogP contribution in [0.2, 0.25) is 0 Å². The minimum Gasteiger partial charge on any atom is -0.370 e. The van der Waals surface area contributed by atoms with Gasteiger partial charge < -0.3 is 49.0 Å². The summed E-state index contributed by atoms with van der Waals surface area (Å²) < 4.78 is 0. The highest BCUT2D eigenvalue weighted by Gasteiger charge is 2.27. The average Bonchev–Trinajstić information content (AvgIpc) is 2.91. The van der Waals surface area contributed by atoms with E-state index in [-0.39, 0.29) is 44.2 Å². The van der Waals surface area contributed by atoms with Crippen LogP contribution in [0.3, 0.4) is 0 Å². The Morgan fingerprint density at radius 3 is 2.10 bits per heavy atom. The minimum absolute atomic E-state index is 0.0732. The van der Waals surface area contributed by atoms with Crippen molar-refractivity contribution in [3.8, 4) is 0 Å². The van der Waals surface area contributed by atoms with Gasteiger partial charge in [-0.05, 0) is 57.1 Å². The van der Waals surface area contributed by atoms with Crippen LogP contribution in [-0.4, -0.2) is 73.8 Å². The molecule has 1 rings (SSSR count). The zero-order chi connectivity index (χ0) is 29.8. The number of guanidine groups is 1. The molecule has 0 saturated heterocycles. The van der Waals surface area contributed by atoms with Crippen molar-refractivity contribution in [1.29, 1.82) is 0 Å². The first-order chi connectivity index (χ1) is 19.2. The Balaban J connectivity index is 2.92. The third kappa shape index (κ3) is 15.3. The van der Waals surface area contributed by atoms with Crippen molar-refractivity contribution in [1.82, 2.24) is 21.3 Å². The molecular weight excluding hydrogens is 518 g/mol. The molecule has 5 amide bonds. The number of carbonyl (C=O) groups excluding carboxylic acids is 5. The van der Waals surface area contributed by atoms with Crippen LogP contribution in [0, 0.1) is 0 Å². The predicted octanol–water partition coefficient (Wildman–Crippen LogP) is -1.49. The number of aldehydes is 1. The molecule has 0 aromatic heterocycles.